The molecule has 1 aromatic carbocycles. The minimum absolute atomic E-state index is 0.110. The lowest BCUT2D eigenvalue weighted by Gasteiger charge is -2.34. The number of rotatable bonds is 4. The molecule has 2 aliphatic rings. The predicted octanol–water partition coefficient (Wildman–Crippen LogP) is 2.94. The Morgan fingerprint density at radius 1 is 1.23 bits per heavy atom. The van der Waals surface area contributed by atoms with Crippen molar-refractivity contribution in [2.75, 3.05) is 13.1 Å². The van der Waals surface area contributed by atoms with Crippen LogP contribution in [-0.2, 0) is 4.79 Å². The molecule has 0 aliphatic carbocycles. The number of benzene rings is 1. The highest BCUT2D eigenvalue weighted by Crippen LogP contribution is 2.26. The van der Waals surface area contributed by atoms with E-state index >= 15 is 0 Å². The van der Waals surface area contributed by atoms with Crippen molar-refractivity contribution in [3.8, 4) is 5.75 Å². The third-order valence-corrected chi connectivity index (χ3v) is 6.54. The van der Waals surface area contributed by atoms with Gasteiger partial charge in [-0.3, -0.25) is 10.2 Å². The Labute approximate surface area is 165 Å². The Kier molecular flexibility index (Phi) is 6.25. The monoisotopic (exact) mass is 423 g/mol. The second kappa shape index (κ2) is 8.28. The summed E-state index contributed by atoms with van der Waals surface area (Å²) in [5, 5.41) is 0. The first-order chi connectivity index (χ1) is 12.4. The van der Waals surface area contributed by atoms with Crippen LogP contribution in [0.2, 0.25) is 0 Å². The van der Waals surface area contributed by atoms with Crippen LogP contribution in [0.4, 0.5) is 0 Å². The molecule has 1 aromatic rings. The van der Waals surface area contributed by atoms with E-state index in [1.807, 2.05) is 4.90 Å². The minimum Gasteiger partial charge on any atom is -0.490 e. The Hall–Kier alpha value is -1.11. The van der Waals surface area contributed by atoms with E-state index < -0.39 is 0 Å². The van der Waals surface area contributed by atoms with Crippen molar-refractivity contribution in [1.29, 1.82) is 0 Å². The van der Waals surface area contributed by atoms with Crippen molar-refractivity contribution in [2.45, 2.75) is 63.6 Å². The Bertz CT molecular complexity index is 644. The van der Waals surface area contributed by atoms with Crippen molar-refractivity contribution >= 4 is 21.8 Å². The van der Waals surface area contributed by atoms with E-state index in [0.717, 1.165) is 37.2 Å². The molecule has 5 nitrogen and oxygen atoms in total. The SMILES string of the molecule is Cc1ccc(C)c(OC2CCN(C(=O)C3NNC(C(C)C)C3Br)CC2)c1. The van der Waals surface area contributed by atoms with Crippen LogP contribution >= 0.6 is 15.9 Å². The van der Waals surface area contributed by atoms with Crippen LogP contribution in [0.5, 0.6) is 5.75 Å². The number of piperidine rings is 1. The lowest BCUT2D eigenvalue weighted by molar-refractivity contribution is -0.134. The van der Waals surface area contributed by atoms with Crippen molar-refractivity contribution in [3.63, 3.8) is 0 Å². The van der Waals surface area contributed by atoms with Gasteiger partial charge < -0.3 is 9.64 Å². The van der Waals surface area contributed by atoms with Gasteiger partial charge in [0, 0.05) is 32.0 Å². The fraction of sp³-hybridized carbons (Fsp3) is 0.650. The molecule has 1 amide bonds. The molecule has 2 heterocycles. The summed E-state index contributed by atoms with van der Waals surface area (Å²) >= 11 is 3.71. The fourth-order valence-electron chi connectivity index (χ4n) is 3.69. The summed E-state index contributed by atoms with van der Waals surface area (Å²) in [7, 11) is 0. The number of hydrogen-bond acceptors (Lipinski definition) is 4. The normalized spacial score (nSPS) is 27.2. The number of amides is 1. The zero-order valence-electron chi connectivity index (χ0n) is 16.1. The summed E-state index contributed by atoms with van der Waals surface area (Å²) in [5.74, 6) is 1.60. The van der Waals surface area contributed by atoms with Crippen molar-refractivity contribution < 1.29 is 9.53 Å². The molecule has 3 atom stereocenters. The molecule has 6 heteroatoms. The Morgan fingerprint density at radius 2 is 1.92 bits per heavy atom. The lowest BCUT2D eigenvalue weighted by atomic mass is 9.98. The number of hydrazine groups is 1. The number of likely N-dealkylation sites (tertiary alicyclic amines) is 1. The average molecular weight is 424 g/mol. The summed E-state index contributed by atoms with van der Waals surface area (Å²) in [6.07, 6.45) is 1.93. The summed E-state index contributed by atoms with van der Waals surface area (Å²) < 4.78 is 6.21. The van der Waals surface area contributed by atoms with Gasteiger partial charge in [0.1, 0.15) is 17.9 Å². The number of halogens is 1. The molecule has 0 radical (unpaired) electrons. The molecule has 0 saturated carbocycles. The molecule has 0 aromatic heterocycles. The van der Waals surface area contributed by atoms with Crippen LogP contribution in [0.15, 0.2) is 18.2 Å². The van der Waals surface area contributed by atoms with Crippen LogP contribution in [0.3, 0.4) is 0 Å². The lowest BCUT2D eigenvalue weighted by Crippen LogP contribution is -2.51. The fourth-order valence-corrected chi connectivity index (χ4v) is 4.79. The van der Waals surface area contributed by atoms with E-state index in [1.54, 1.807) is 0 Å². The summed E-state index contributed by atoms with van der Waals surface area (Å²) in [4.78, 5) is 15.0. The molecule has 2 fully saturated rings. The summed E-state index contributed by atoms with van der Waals surface area (Å²) in [6, 6.07) is 6.35. The largest absolute Gasteiger partial charge is 0.490 e. The highest BCUT2D eigenvalue weighted by atomic mass is 79.9. The summed E-state index contributed by atoms with van der Waals surface area (Å²) in [5.41, 5.74) is 8.81. The number of carbonyl (C=O) groups is 1. The Morgan fingerprint density at radius 3 is 2.54 bits per heavy atom. The molecule has 0 spiro atoms. The molecular formula is C20H30BrN3O2. The first-order valence-electron chi connectivity index (χ1n) is 9.54. The van der Waals surface area contributed by atoms with Gasteiger partial charge in [0.15, 0.2) is 0 Å². The predicted molar refractivity (Wildman–Crippen MR) is 108 cm³/mol. The number of carbonyl (C=O) groups excluding carboxylic acids is 1. The van der Waals surface area contributed by atoms with E-state index in [1.165, 1.54) is 5.56 Å². The molecule has 2 saturated heterocycles. The topological polar surface area (TPSA) is 53.6 Å². The van der Waals surface area contributed by atoms with Crippen LogP contribution in [0.25, 0.3) is 0 Å². The van der Waals surface area contributed by atoms with Crippen molar-refractivity contribution in [1.82, 2.24) is 15.8 Å². The van der Waals surface area contributed by atoms with Crippen LogP contribution in [0.1, 0.15) is 37.8 Å². The zero-order chi connectivity index (χ0) is 18.8. The van der Waals surface area contributed by atoms with Gasteiger partial charge in [-0.1, -0.05) is 41.9 Å². The maximum Gasteiger partial charge on any atom is 0.242 e. The van der Waals surface area contributed by atoms with Gasteiger partial charge in [-0.15, -0.1) is 0 Å². The molecule has 3 unspecified atom stereocenters. The van der Waals surface area contributed by atoms with Gasteiger partial charge in [-0.05, 0) is 37.0 Å². The summed E-state index contributed by atoms with van der Waals surface area (Å²) in [6.45, 7) is 9.98. The standard InChI is InChI=1S/C20H30BrN3O2/c1-12(2)18-17(21)19(23-22-18)20(25)24-9-7-15(8-10-24)26-16-11-13(3)5-6-14(16)4/h5-6,11-12,15,17-19,22-23H,7-10H2,1-4H3. The number of aryl methyl sites for hydroxylation is 2. The van der Waals surface area contributed by atoms with Gasteiger partial charge in [0.25, 0.3) is 0 Å². The number of ether oxygens (including phenoxy) is 1. The van der Waals surface area contributed by atoms with Gasteiger partial charge in [0.05, 0.1) is 4.83 Å². The van der Waals surface area contributed by atoms with Crippen LogP contribution in [-0.4, -0.2) is 46.9 Å². The highest BCUT2D eigenvalue weighted by Gasteiger charge is 2.42. The molecule has 144 valence electrons. The van der Waals surface area contributed by atoms with E-state index in [-0.39, 0.29) is 28.9 Å². The molecular weight excluding hydrogens is 394 g/mol. The molecule has 26 heavy (non-hydrogen) atoms. The number of alkyl halides is 1. The van der Waals surface area contributed by atoms with Crippen molar-refractivity contribution in [3.05, 3.63) is 29.3 Å². The Balaban J connectivity index is 1.54. The quantitative estimate of drug-likeness (QED) is 0.730. The first kappa shape index (κ1) is 19.6. The van der Waals surface area contributed by atoms with Crippen LogP contribution in [0, 0.1) is 19.8 Å². The second-order valence-electron chi connectivity index (χ2n) is 7.89. The minimum atomic E-state index is -0.209. The van der Waals surface area contributed by atoms with Gasteiger partial charge in [-0.25, -0.2) is 5.43 Å². The highest BCUT2D eigenvalue weighted by molar-refractivity contribution is 9.09. The van der Waals surface area contributed by atoms with E-state index in [0.29, 0.717) is 5.92 Å². The average Bonchev–Trinajstić information content (AvgIpc) is 3.00. The van der Waals surface area contributed by atoms with Gasteiger partial charge in [-0.2, -0.15) is 0 Å². The van der Waals surface area contributed by atoms with Crippen LogP contribution < -0.4 is 15.6 Å². The number of nitrogens with zero attached hydrogens (tertiary/aromatic N) is 1. The maximum absolute atomic E-state index is 12.9. The van der Waals surface area contributed by atoms with Gasteiger partial charge in [0.2, 0.25) is 5.91 Å². The third kappa shape index (κ3) is 4.24. The van der Waals surface area contributed by atoms with Crippen molar-refractivity contribution in [2.24, 2.45) is 5.92 Å². The molecule has 3 rings (SSSR count). The van der Waals surface area contributed by atoms with E-state index in [2.05, 4.69) is 72.7 Å². The smallest absolute Gasteiger partial charge is 0.242 e. The first-order valence-corrected chi connectivity index (χ1v) is 10.5. The maximum atomic E-state index is 12.9. The number of nitrogens with one attached hydrogen (secondary N) is 2. The van der Waals surface area contributed by atoms with E-state index in [4.69, 9.17) is 4.74 Å². The molecule has 0 bridgehead atoms. The molecule has 2 N–H and O–H groups in total. The van der Waals surface area contributed by atoms with E-state index in [9.17, 15) is 4.79 Å². The molecule has 2 aliphatic heterocycles. The number of hydrogen-bond donors (Lipinski definition) is 2. The third-order valence-electron chi connectivity index (χ3n) is 5.44. The second-order valence-corrected chi connectivity index (χ2v) is 8.95. The zero-order valence-corrected chi connectivity index (χ0v) is 17.7. The van der Waals surface area contributed by atoms with Gasteiger partial charge >= 0.3 is 0 Å².